The van der Waals surface area contributed by atoms with Crippen LogP contribution in [-0.4, -0.2) is 14.8 Å². The smallest absolute Gasteiger partial charge is 0.222 e. The molecule has 122 valence electrons. The number of halogens is 3. The van der Waals surface area contributed by atoms with Crippen molar-refractivity contribution in [1.29, 1.82) is 0 Å². The third kappa shape index (κ3) is 2.64. The van der Waals surface area contributed by atoms with Crippen LogP contribution in [0.25, 0.3) is 0 Å². The third-order valence-electron chi connectivity index (χ3n) is 4.21. The van der Waals surface area contributed by atoms with Crippen LogP contribution in [0.5, 0.6) is 0 Å². The molecular weight excluding hydrogens is 350 g/mol. The summed E-state index contributed by atoms with van der Waals surface area (Å²) in [5, 5.41) is 8.60. The van der Waals surface area contributed by atoms with Crippen LogP contribution in [0.15, 0.2) is 48.8 Å². The number of nitrogens with one attached hydrogen (secondary N) is 1. The van der Waals surface area contributed by atoms with Gasteiger partial charge in [-0.3, -0.25) is 0 Å². The van der Waals surface area contributed by atoms with Gasteiger partial charge in [-0.25, -0.2) is 9.07 Å². The molecule has 0 bridgehead atoms. The van der Waals surface area contributed by atoms with E-state index in [4.69, 9.17) is 23.2 Å². The van der Waals surface area contributed by atoms with Crippen LogP contribution in [0.3, 0.4) is 0 Å². The second-order valence-corrected chi connectivity index (χ2v) is 6.51. The number of fused-ring (bicyclic) bond motifs is 1. The molecule has 1 aliphatic rings. The maximum Gasteiger partial charge on any atom is 0.222 e. The molecule has 1 aromatic heterocycles. The summed E-state index contributed by atoms with van der Waals surface area (Å²) >= 11 is 12.4. The van der Waals surface area contributed by atoms with E-state index in [0.717, 1.165) is 5.56 Å². The molecule has 0 fully saturated rings. The van der Waals surface area contributed by atoms with Crippen molar-refractivity contribution in [3.05, 3.63) is 75.8 Å². The Kier molecular flexibility index (Phi) is 3.90. The van der Waals surface area contributed by atoms with Crippen LogP contribution in [0, 0.1) is 5.82 Å². The molecular formula is C17H13Cl2FN4. The molecule has 1 aliphatic heterocycles. The van der Waals surface area contributed by atoms with Gasteiger partial charge in [-0.05, 0) is 36.2 Å². The van der Waals surface area contributed by atoms with Crippen LogP contribution in [0.4, 0.5) is 10.3 Å². The molecule has 0 saturated heterocycles. The molecule has 0 saturated carbocycles. The van der Waals surface area contributed by atoms with Crippen molar-refractivity contribution < 1.29 is 4.39 Å². The average Bonchev–Trinajstić information content (AvgIpc) is 3.03. The normalized spacial score (nSPS) is 19.6. The fraction of sp³-hybridized carbons (Fsp3) is 0.176. The zero-order chi connectivity index (χ0) is 16.7. The maximum absolute atomic E-state index is 14.4. The van der Waals surface area contributed by atoms with Gasteiger partial charge < -0.3 is 5.32 Å². The van der Waals surface area contributed by atoms with Gasteiger partial charge in [0.25, 0.3) is 0 Å². The van der Waals surface area contributed by atoms with E-state index in [9.17, 15) is 4.39 Å². The lowest BCUT2D eigenvalue weighted by atomic mass is 9.93. The molecule has 2 heterocycles. The Morgan fingerprint density at radius 2 is 2.00 bits per heavy atom. The summed E-state index contributed by atoms with van der Waals surface area (Å²) < 4.78 is 16.1. The van der Waals surface area contributed by atoms with Gasteiger partial charge in [0.2, 0.25) is 5.95 Å². The van der Waals surface area contributed by atoms with Gasteiger partial charge in [-0.15, -0.1) is 0 Å². The summed E-state index contributed by atoms with van der Waals surface area (Å²) in [6.07, 6.45) is 2.03. The van der Waals surface area contributed by atoms with Crippen molar-refractivity contribution in [3.63, 3.8) is 0 Å². The van der Waals surface area contributed by atoms with E-state index in [1.165, 1.54) is 12.4 Å². The number of aromatic nitrogens is 3. The van der Waals surface area contributed by atoms with E-state index < -0.39 is 0 Å². The summed E-state index contributed by atoms with van der Waals surface area (Å²) in [5.74, 6) is 0.233. The number of anilines is 1. The molecule has 1 N–H and O–H groups in total. The highest BCUT2D eigenvalue weighted by Crippen LogP contribution is 2.40. The minimum absolute atomic E-state index is 0.0685. The maximum atomic E-state index is 14.4. The quantitative estimate of drug-likeness (QED) is 0.706. The van der Waals surface area contributed by atoms with Crippen molar-refractivity contribution in [2.75, 3.05) is 5.32 Å². The summed E-state index contributed by atoms with van der Waals surface area (Å²) in [5.41, 5.74) is 1.44. The van der Waals surface area contributed by atoms with Gasteiger partial charge in [-0.2, -0.15) is 10.1 Å². The fourth-order valence-corrected chi connectivity index (χ4v) is 3.62. The van der Waals surface area contributed by atoms with Gasteiger partial charge in [-0.1, -0.05) is 41.4 Å². The minimum Gasteiger partial charge on any atom is -0.348 e. The Bertz CT molecular complexity index is 876. The Balaban J connectivity index is 1.80. The zero-order valence-electron chi connectivity index (χ0n) is 12.5. The average molecular weight is 363 g/mol. The lowest BCUT2D eigenvalue weighted by Crippen LogP contribution is -2.28. The highest BCUT2D eigenvalue weighted by Gasteiger charge is 2.32. The fourth-order valence-electron chi connectivity index (χ4n) is 3.13. The Labute approximate surface area is 148 Å². The zero-order valence-corrected chi connectivity index (χ0v) is 14.0. The molecule has 2 unspecified atom stereocenters. The predicted octanol–water partition coefficient (Wildman–Crippen LogP) is 4.87. The molecule has 2 aromatic carbocycles. The lowest BCUT2D eigenvalue weighted by molar-refractivity contribution is 0.416. The van der Waals surface area contributed by atoms with Gasteiger partial charge >= 0.3 is 0 Å². The van der Waals surface area contributed by atoms with Gasteiger partial charge in [0.1, 0.15) is 12.1 Å². The van der Waals surface area contributed by atoms with Crippen molar-refractivity contribution in [2.24, 2.45) is 0 Å². The number of nitrogens with zero attached hydrogens (tertiary/aromatic N) is 3. The molecule has 4 rings (SSSR count). The molecule has 24 heavy (non-hydrogen) atoms. The molecule has 4 nitrogen and oxygen atoms in total. The molecule has 2 atom stereocenters. The van der Waals surface area contributed by atoms with Gasteiger partial charge in [0.15, 0.2) is 0 Å². The third-order valence-corrected chi connectivity index (χ3v) is 4.78. The second kappa shape index (κ2) is 6.07. The topological polar surface area (TPSA) is 42.7 Å². The van der Waals surface area contributed by atoms with Gasteiger partial charge in [0, 0.05) is 15.6 Å². The van der Waals surface area contributed by atoms with Crippen molar-refractivity contribution in [3.8, 4) is 0 Å². The number of rotatable bonds is 2. The molecule has 0 aliphatic carbocycles. The van der Waals surface area contributed by atoms with Crippen LogP contribution in [0.1, 0.15) is 29.6 Å². The molecule has 0 radical (unpaired) electrons. The van der Waals surface area contributed by atoms with E-state index >= 15 is 0 Å². The van der Waals surface area contributed by atoms with Crippen LogP contribution >= 0.6 is 23.2 Å². The van der Waals surface area contributed by atoms with E-state index in [0.29, 0.717) is 28.0 Å². The largest absolute Gasteiger partial charge is 0.348 e. The molecule has 7 heteroatoms. The molecule has 0 amide bonds. The Morgan fingerprint density at radius 3 is 2.79 bits per heavy atom. The predicted molar refractivity (Wildman–Crippen MR) is 92.0 cm³/mol. The van der Waals surface area contributed by atoms with Crippen molar-refractivity contribution in [2.45, 2.75) is 18.5 Å². The second-order valence-electron chi connectivity index (χ2n) is 5.67. The first-order valence-corrected chi connectivity index (χ1v) is 8.24. The van der Waals surface area contributed by atoms with Crippen LogP contribution in [0.2, 0.25) is 10.0 Å². The highest BCUT2D eigenvalue weighted by atomic mass is 35.5. The minimum atomic E-state index is -0.347. The SMILES string of the molecule is Fc1cccc(Cl)c1C1CC(c2cccc(Cl)c2)Nc2ncnn21. The monoisotopic (exact) mass is 362 g/mol. The number of hydrogen-bond acceptors (Lipinski definition) is 3. The Morgan fingerprint density at radius 1 is 1.17 bits per heavy atom. The summed E-state index contributed by atoms with van der Waals surface area (Å²) in [6, 6.07) is 11.9. The van der Waals surface area contributed by atoms with E-state index in [1.54, 1.807) is 16.8 Å². The first kappa shape index (κ1) is 15.4. The summed E-state index contributed by atoms with van der Waals surface area (Å²) in [6.45, 7) is 0. The first-order chi connectivity index (χ1) is 11.6. The van der Waals surface area contributed by atoms with Crippen LogP contribution in [-0.2, 0) is 0 Å². The lowest BCUT2D eigenvalue weighted by Gasteiger charge is -2.32. The highest BCUT2D eigenvalue weighted by molar-refractivity contribution is 6.31. The summed E-state index contributed by atoms with van der Waals surface area (Å²) in [7, 11) is 0. The Hall–Kier alpha value is -2.11. The van der Waals surface area contributed by atoms with E-state index in [2.05, 4.69) is 15.4 Å². The van der Waals surface area contributed by atoms with Gasteiger partial charge in [0.05, 0.1) is 12.1 Å². The standard InChI is InChI=1S/C17H13Cl2FN4/c18-11-4-1-3-10(7-11)14-8-15(24-17(23-14)21-9-22-24)16-12(19)5-2-6-13(16)20/h1-7,9,14-15H,8H2,(H,21,22,23). The molecule has 0 spiro atoms. The van der Waals surface area contributed by atoms with Crippen molar-refractivity contribution in [1.82, 2.24) is 14.8 Å². The van der Waals surface area contributed by atoms with Crippen molar-refractivity contribution >= 4 is 29.2 Å². The number of benzene rings is 2. The summed E-state index contributed by atoms with van der Waals surface area (Å²) in [4.78, 5) is 4.23. The van der Waals surface area contributed by atoms with Crippen LogP contribution < -0.4 is 5.32 Å². The van der Waals surface area contributed by atoms with E-state index in [1.807, 2.05) is 24.3 Å². The molecule has 3 aromatic rings. The first-order valence-electron chi connectivity index (χ1n) is 7.49. The number of hydrogen-bond donors (Lipinski definition) is 1. The van der Waals surface area contributed by atoms with E-state index in [-0.39, 0.29) is 17.9 Å².